The Balaban J connectivity index is 1.66. The molecule has 1 amide bonds. The molecular weight excluding hydrogens is 496 g/mol. The van der Waals surface area contributed by atoms with Crippen LogP contribution in [-0.4, -0.2) is 59.5 Å². The number of nitrogens with zero attached hydrogens (tertiary/aromatic N) is 6. The number of morpholine rings is 1. The van der Waals surface area contributed by atoms with Gasteiger partial charge in [0.25, 0.3) is 0 Å². The van der Waals surface area contributed by atoms with Gasteiger partial charge in [-0.1, -0.05) is 32.4 Å². The summed E-state index contributed by atoms with van der Waals surface area (Å²) in [7, 11) is -2.02. The molecule has 2 aromatic heterocycles. The van der Waals surface area contributed by atoms with Gasteiger partial charge in [0, 0.05) is 18.7 Å². The van der Waals surface area contributed by atoms with E-state index in [1.54, 1.807) is 17.3 Å². The summed E-state index contributed by atoms with van der Waals surface area (Å²) in [5.74, 6) is 1.37. The summed E-state index contributed by atoms with van der Waals surface area (Å²) in [6, 6.07) is 0. The average Bonchev–Trinajstić information content (AvgIpc) is 2.96. The van der Waals surface area contributed by atoms with Crippen LogP contribution < -0.4 is 9.80 Å². The molecule has 11 heteroatoms. The zero-order valence-electron chi connectivity index (χ0n) is 22.7. The van der Waals surface area contributed by atoms with Crippen molar-refractivity contribution in [1.29, 1.82) is 0 Å². The van der Waals surface area contributed by atoms with Crippen LogP contribution in [-0.2, 0) is 26.0 Å². The average molecular weight is 533 g/mol. The van der Waals surface area contributed by atoms with Crippen molar-refractivity contribution in [2.45, 2.75) is 90.8 Å². The van der Waals surface area contributed by atoms with Crippen molar-refractivity contribution in [2.24, 2.45) is 0 Å². The van der Waals surface area contributed by atoms with Crippen molar-refractivity contribution >= 4 is 43.3 Å². The highest BCUT2D eigenvalue weighted by molar-refractivity contribution is 6.74. The molecule has 0 radical (unpaired) electrons. The van der Waals surface area contributed by atoms with E-state index in [-0.39, 0.29) is 34.9 Å². The molecule has 9 nitrogen and oxygen atoms in total. The Morgan fingerprint density at radius 2 is 1.72 bits per heavy atom. The van der Waals surface area contributed by atoms with E-state index in [0.29, 0.717) is 41.9 Å². The molecule has 4 rings (SSSR count). The fourth-order valence-electron chi connectivity index (χ4n) is 4.35. The molecule has 0 bridgehead atoms. The first kappa shape index (κ1) is 26.9. The van der Waals surface area contributed by atoms with Gasteiger partial charge in [0.2, 0.25) is 11.9 Å². The summed E-state index contributed by atoms with van der Waals surface area (Å²) >= 11 is 6.65. The lowest BCUT2D eigenvalue weighted by Crippen LogP contribution is -2.46. The van der Waals surface area contributed by atoms with Gasteiger partial charge in [-0.05, 0) is 45.8 Å². The molecule has 2 atom stereocenters. The standard InChI is InChI=1S/C25H37ClN6O3Si/c1-15-12-31(13-16(2)35-15)23-27-10-17(11-28-23)32-21-19(25(6,7)22(32)33)20(26)29-18(30-21)14-34-36(8,9)24(3,4)5/h10-11,15-16H,12-14H2,1-9H3/t15-,16+. The lowest BCUT2D eigenvalue weighted by atomic mass is 9.88. The number of rotatable bonds is 5. The SMILES string of the molecule is C[C@@H]1CN(c2ncc(N3C(=O)C(C)(C)c4c(Cl)nc(CO[Si](C)(C)C(C)(C)C)nc43)cn2)C[C@H](C)O1. The van der Waals surface area contributed by atoms with E-state index in [0.717, 1.165) is 0 Å². The fourth-order valence-corrected chi connectivity index (χ4v) is 5.69. The minimum Gasteiger partial charge on any atom is -0.409 e. The summed E-state index contributed by atoms with van der Waals surface area (Å²) < 4.78 is 12.1. The summed E-state index contributed by atoms with van der Waals surface area (Å²) in [5, 5.41) is 0.315. The lowest BCUT2D eigenvalue weighted by molar-refractivity contribution is -0.121. The highest BCUT2D eigenvalue weighted by Gasteiger charge is 2.48. The van der Waals surface area contributed by atoms with Crippen molar-refractivity contribution < 1.29 is 14.0 Å². The zero-order chi connectivity index (χ0) is 26.6. The molecule has 0 aromatic carbocycles. The fraction of sp³-hybridized carbons (Fsp3) is 0.640. The first-order valence-corrected chi connectivity index (χ1v) is 15.7. The van der Waals surface area contributed by atoms with E-state index in [1.165, 1.54) is 0 Å². The van der Waals surface area contributed by atoms with Crippen LogP contribution in [0.5, 0.6) is 0 Å². The Hall–Kier alpha value is -2.14. The molecule has 1 fully saturated rings. The monoisotopic (exact) mass is 532 g/mol. The molecular formula is C25H37ClN6O3Si. The van der Waals surface area contributed by atoms with Crippen LogP contribution >= 0.6 is 11.6 Å². The van der Waals surface area contributed by atoms with Gasteiger partial charge in [-0.15, -0.1) is 0 Å². The predicted molar refractivity (Wildman–Crippen MR) is 143 cm³/mol. The number of halogens is 1. The van der Waals surface area contributed by atoms with Crippen LogP contribution in [0.2, 0.25) is 23.3 Å². The molecule has 0 N–H and O–H groups in total. The molecule has 0 spiro atoms. The van der Waals surface area contributed by atoms with Crippen LogP contribution in [0.4, 0.5) is 17.5 Å². The first-order valence-electron chi connectivity index (χ1n) is 12.4. The number of fused-ring (bicyclic) bond motifs is 1. The number of carbonyl (C=O) groups is 1. The molecule has 2 aromatic rings. The van der Waals surface area contributed by atoms with Crippen LogP contribution in [0.1, 0.15) is 59.9 Å². The Labute approximate surface area is 219 Å². The molecule has 0 saturated carbocycles. The minimum absolute atomic E-state index is 0.0483. The third-order valence-corrected chi connectivity index (χ3v) is 12.2. The second-order valence-corrected chi connectivity index (χ2v) is 17.0. The Kier molecular flexibility index (Phi) is 6.96. The van der Waals surface area contributed by atoms with E-state index in [2.05, 4.69) is 53.7 Å². The smallest absolute Gasteiger partial charge is 0.243 e. The second kappa shape index (κ2) is 9.31. The number of hydrogen-bond donors (Lipinski definition) is 0. The molecule has 2 aliphatic rings. The number of carbonyl (C=O) groups excluding carboxylic acids is 1. The van der Waals surface area contributed by atoms with E-state index in [1.807, 2.05) is 27.7 Å². The van der Waals surface area contributed by atoms with Gasteiger partial charge in [0.15, 0.2) is 14.1 Å². The molecule has 1 saturated heterocycles. The third kappa shape index (κ3) is 4.88. The highest BCUT2D eigenvalue weighted by atomic mass is 35.5. The topological polar surface area (TPSA) is 93.6 Å². The molecule has 2 aliphatic heterocycles. The van der Waals surface area contributed by atoms with Crippen molar-refractivity contribution in [3.05, 3.63) is 28.9 Å². The van der Waals surface area contributed by atoms with Crippen LogP contribution in [0, 0.1) is 0 Å². The lowest BCUT2D eigenvalue weighted by Gasteiger charge is -2.35. The Bertz CT molecular complexity index is 1140. The number of aromatic nitrogens is 4. The van der Waals surface area contributed by atoms with E-state index >= 15 is 0 Å². The van der Waals surface area contributed by atoms with E-state index in [4.69, 9.17) is 25.7 Å². The summed E-state index contributed by atoms with van der Waals surface area (Å²) in [6.07, 6.45) is 3.52. The summed E-state index contributed by atoms with van der Waals surface area (Å²) in [5.41, 5.74) is 0.250. The summed E-state index contributed by atoms with van der Waals surface area (Å²) in [4.78, 5) is 35.6. The second-order valence-electron chi connectivity index (χ2n) is 11.8. The molecule has 4 heterocycles. The van der Waals surface area contributed by atoms with Crippen molar-refractivity contribution in [2.75, 3.05) is 22.9 Å². The van der Waals surface area contributed by atoms with Crippen molar-refractivity contribution in [3.8, 4) is 0 Å². The van der Waals surface area contributed by atoms with Gasteiger partial charge in [-0.2, -0.15) is 0 Å². The van der Waals surface area contributed by atoms with Gasteiger partial charge in [0.05, 0.1) is 42.3 Å². The molecule has 0 aliphatic carbocycles. The third-order valence-electron chi connectivity index (χ3n) is 7.42. The predicted octanol–water partition coefficient (Wildman–Crippen LogP) is 5.01. The van der Waals surface area contributed by atoms with Crippen LogP contribution in [0.15, 0.2) is 12.4 Å². The van der Waals surface area contributed by atoms with Gasteiger partial charge >= 0.3 is 0 Å². The Morgan fingerprint density at radius 1 is 1.14 bits per heavy atom. The molecule has 0 unspecified atom stereocenters. The first-order chi connectivity index (χ1) is 16.6. The molecule has 36 heavy (non-hydrogen) atoms. The maximum Gasteiger partial charge on any atom is 0.243 e. The van der Waals surface area contributed by atoms with Gasteiger partial charge in [-0.3, -0.25) is 9.69 Å². The van der Waals surface area contributed by atoms with Crippen LogP contribution in [0.3, 0.4) is 0 Å². The number of anilines is 3. The number of hydrogen-bond acceptors (Lipinski definition) is 8. The maximum absolute atomic E-state index is 13.6. The molecule has 196 valence electrons. The van der Waals surface area contributed by atoms with E-state index < -0.39 is 13.7 Å². The maximum atomic E-state index is 13.6. The Morgan fingerprint density at radius 3 is 2.28 bits per heavy atom. The normalized spacial score (nSPS) is 22.2. The highest BCUT2D eigenvalue weighted by Crippen LogP contribution is 2.47. The van der Waals surface area contributed by atoms with Crippen LogP contribution in [0.25, 0.3) is 0 Å². The van der Waals surface area contributed by atoms with Crippen molar-refractivity contribution in [3.63, 3.8) is 0 Å². The minimum atomic E-state index is -2.02. The number of ether oxygens (including phenoxy) is 1. The van der Waals surface area contributed by atoms with Gasteiger partial charge in [0.1, 0.15) is 11.0 Å². The van der Waals surface area contributed by atoms with Gasteiger partial charge < -0.3 is 14.1 Å². The largest absolute Gasteiger partial charge is 0.409 e. The van der Waals surface area contributed by atoms with Crippen molar-refractivity contribution in [1.82, 2.24) is 19.9 Å². The quantitative estimate of drug-likeness (QED) is 0.392. The van der Waals surface area contributed by atoms with Gasteiger partial charge in [-0.25, -0.2) is 19.9 Å². The zero-order valence-corrected chi connectivity index (χ0v) is 24.5. The van der Waals surface area contributed by atoms with E-state index in [9.17, 15) is 4.79 Å². The summed E-state index contributed by atoms with van der Waals surface area (Å²) in [6.45, 7) is 20.3. The number of amides is 1.